The number of aromatic nitrogens is 1. The molecule has 0 bridgehead atoms. The summed E-state index contributed by atoms with van der Waals surface area (Å²) < 4.78 is 26.0. The Hall–Kier alpha value is -2.99. The Morgan fingerprint density at radius 3 is 2.73 bits per heavy atom. The summed E-state index contributed by atoms with van der Waals surface area (Å²) in [5, 5.41) is 3.83. The van der Waals surface area contributed by atoms with Gasteiger partial charge in [0.05, 0.1) is 17.7 Å². The highest BCUT2D eigenvalue weighted by molar-refractivity contribution is 6.06. The van der Waals surface area contributed by atoms with Gasteiger partial charge in [0.1, 0.15) is 17.1 Å². The van der Waals surface area contributed by atoms with Gasteiger partial charge in [-0.05, 0) is 49.6 Å². The Balaban J connectivity index is 1.72. The molecule has 0 radical (unpaired) electrons. The van der Waals surface area contributed by atoms with E-state index in [4.69, 9.17) is 9.47 Å². The molecule has 1 aliphatic rings. The molecular weight excluding hydrogens is 383 g/mol. The number of rotatable bonds is 6. The van der Waals surface area contributed by atoms with Gasteiger partial charge < -0.3 is 14.8 Å². The molecule has 2 aromatic carbocycles. The standard InChI is InChI=1S/C24H25FN2O3/c1-2-14-30-21-10-9-20(17-6-5-13-26-22(17)21)27-23(28)24(11-15-29-16-12-24)18-7-3-4-8-19(18)25/h3-10,13H,2,11-12,14-16H2,1H3,(H,27,28). The first-order valence-corrected chi connectivity index (χ1v) is 10.3. The summed E-state index contributed by atoms with van der Waals surface area (Å²) in [6, 6.07) is 13.9. The summed E-state index contributed by atoms with van der Waals surface area (Å²) in [7, 11) is 0. The van der Waals surface area contributed by atoms with Crippen molar-refractivity contribution in [2.45, 2.75) is 31.6 Å². The highest BCUT2D eigenvalue weighted by atomic mass is 19.1. The molecule has 1 aliphatic heterocycles. The van der Waals surface area contributed by atoms with E-state index in [9.17, 15) is 9.18 Å². The first kappa shape index (κ1) is 20.3. The molecule has 1 saturated heterocycles. The van der Waals surface area contributed by atoms with Crippen LogP contribution in [0.2, 0.25) is 0 Å². The van der Waals surface area contributed by atoms with E-state index in [1.54, 1.807) is 24.4 Å². The van der Waals surface area contributed by atoms with Gasteiger partial charge in [-0.25, -0.2) is 4.39 Å². The molecule has 6 heteroatoms. The third kappa shape index (κ3) is 3.75. The van der Waals surface area contributed by atoms with Crippen molar-refractivity contribution >= 4 is 22.5 Å². The molecule has 0 saturated carbocycles. The van der Waals surface area contributed by atoms with Crippen molar-refractivity contribution in [3.8, 4) is 5.75 Å². The van der Waals surface area contributed by atoms with Gasteiger partial charge in [0.25, 0.3) is 0 Å². The lowest BCUT2D eigenvalue weighted by Gasteiger charge is -2.36. The van der Waals surface area contributed by atoms with E-state index < -0.39 is 5.41 Å². The third-order valence-corrected chi connectivity index (χ3v) is 5.61. The fourth-order valence-corrected chi connectivity index (χ4v) is 4.01. The van der Waals surface area contributed by atoms with Gasteiger partial charge in [0.15, 0.2) is 0 Å². The molecule has 1 amide bonds. The number of amides is 1. The molecule has 156 valence electrons. The fourth-order valence-electron chi connectivity index (χ4n) is 4.01. The largest absolute Gasteiger partial charge is 0.491 e. The van der Waals surface area contributed by atoms with E-state index in [2.05, 4.69) is 10.3 Å². The van der Waals surface area contributed by atoms with E-state index in [1.165, 1.54) is 6.07 Å². The summed E-state index contributed by atoms with van der Waals surface area (Å²) in [4.78, 5) is 18.0. The topological polar surface area (TPSA) is 60.5 Å². The van der Waals surface area contributed by atoms with Gasteiger partial charge in [-0.3, -0.25) is 9.78 Å². The van der Waals surface area contributed by atoms with Crippen LogP contribution in [0.4, 0.5) is 10.1 Å². The number of hydrogen-bond acceptors (Lipinski definition) is 4. The first-order valence-electron chi connectivity index (χ1n) is 10.3. The van der Waals surface area contributed by atoms with Crippen molar-refractivity contribution in [3.05, 3.63) is 66.1 Å². The zero-order chi connectivity index (χ0) is 21.0. The van der Waals surface area contributed by atoms with Crippen molar-refractivity contribution in [1.82, 2.24) is 4.98 Å². The molecule has 1 N–H and O–H groups in total. The lowest BCUT2D eigenvalue weighted by Crippen LogP contribution is -2.45. The predicted octanol–water partition coefficient (Wildman–Crippen LogP) is 4.85. The number of halogens is 1. The van der Waals surface area contributed by atoms with Crippen LogP contribution in [-0.4, -0.2) is 30.7 Å². The van der Waals surface area contributed by atoms with E-state index in [1.807, 2.05) is 31.2 Å². The van der Waals surface area contributed by atoms with Gasteiger partial charge in [0, 0.05) is 30.4 Å². The summed E-state index contributed by atoms with van der Waals surface area (Å²) in [5.74, 6) is 0.0769. The van der Waals surface area contributed by atoms with Crippen molar-refractivity contribution in [1.29, 1.82) is 0 Å². The van der Waals surface area contributed by atoms with E-state index >= 15 is 0 Å². The van der Waals surface area contributed by atoms with Gasteiger partial charge in [-0.2, -0.15) is 0 Å². The molecular formula is C24H25FN2O3. The van der Waals surface area contributed by atoms with Crippen molar-refractivity contribution in [2.24, 2.45) is 0 Å². The number of carbonyl (C=O) groups is 1. The zero-order valence-corrected chi connectivity index (χ0v) is 17.0. The Labute approximate surface area is 175 Å². The quantitative estimate of drug-likeness (QED) is 0.633. The van der Waals surface area contributed by atoms with E-state index in [-0.39, 0.29) is 11.7 Å². The smallest absolute Gasteiger partial charge is 0.235 e. The van der Waals surface area contributed by atoms with Gasteiger partial charge in [-0.1, -0.05) is 25.1 Å². The maximum Gasteiger partial charge on any atom is 0.235 e. The van der Waals surface area contributed by atoms with Crippen molar-refractivity contribution in [3.63, 3.8) is 0 Å². The second-order valence-electron chi connectivity index (χ2n) is 7.49. The Bertz CT molecular complexity index is 1050. The van der Waals surface area contributed by atoms with Gasteiger partial charge in [-0.15, -0.1) is 0 Å². The van der Waals surface area contributed by atoms with Gasteiger partial charge in [0.2, 0.25) is 5.91 Å². The number of hydrogen-bond donors (Lipinski definition) is 1. The number of pyridine rings is 1. The minimum atomic E-state index is -0.977. The summed E-state index contributed by atoms with van der Waals surface area (Å²) in [6.45, 7) is 3.45. The molecule has 5 nitrogen and oxygen atoms in total. The van der Waals surface area contributed by atoms with Crippen LogP contribution in [0.3, 0.4) is 0 Å². The number of fused-ring (bicyclic) bond motifs is 1. The molecule has 0 spiro atoms. The van der Waals surface area contributed by atoms with Crippen LogP contribution in [-0.2, 0) is 14.9 Å². The van der Waals surface area contributed by atoms with Gasteiger partial charge >= 0.3 is 0 Å². The Kier molecular flexibility index (Phi) is 5.95. The molecule has 3 aromatic rings. The second-order valence-corrected chi connectivity index (χ2v) is 7.49. The van der Waals surface area contributed by atoms with Crippen LogP contribution in [0.1, 0.15) is 31.7 Å². The summed E-state index contributed by atoms with van der Waals surface area (Å²) >= 11 is 0. The average molecular weight is 408 g/mol. The minimum absolute atomic E-state index is 0.233. The fraction of sp³-hybridized carbons (Fsp3) is 0.333. The zero-order valence-electron chi connectivity index (χ0n) is 17.0. The number of carbonyl (C=O) groups excluding carboxylic acids is 1. The molecule has 0 unspecified atom stereocenters. The predicted molar refractivity (Wildman–Crippen MR) is 114 cm³/mol. The Morgan fingerprint density at radius 2 is 1.97 bits per heavy atom. The number of ether oxygens (including phenoxy) is 2. The number of nitrogens with one attached hydrogen (secondary N) is 1. The average Bonchev–Trinajstić information content (AvgIpc) is 2.79. The van der Waals surface area contributed by atoms with Crippen LogP contribution in [0.5, 0.6) is 5.75 Å². The molecule has 30 heavy (non-hydrogen) atoms. The number of benzene rings is 2. The lowest BCUT2D eigenvalue weighted by atomic mass is 9.73. The van der Waals surface area contributed by atoms with Crippen LogP contribution >= 0.6 is 0 Å². The van der Waals surface area contributed by atoms with Crippen molar-refractivity contribution in [2.75, 3.05) is 25.1 Å². The highest BCUT2D eigenvalue weighted by Crippen LogP contribution is 2.38. The summed E-state index contributed by atoms with van der Waals surface area (Å²) in [6.07, 6.45) is 3.44. The van der Waals surface area contributed by atoms with E-state index in [0.717, 1.165) is 11.8 Å². The lowest BCUT2D eigenvalue weighted by molar-refractivity contribution is -0.125. The van der Waals surface area contributed by atoms with E-state index in [0.29, 0.717) is 55.2 Å². The normalized spacial score (nSPS) is 15.7. The van der Waals surface area contributed by atoms with Crippen LogP contribution in [0.15, 0.2) is 54.7 Å². The minimum Gasteiger partial charge on any atom is -0.491 e. The molecule has 4 rings (SSSR count). The number of anilines is 1. The maximum absolute atomic E-state index is 14.7. The number of nitrogens with zero attached hydrogens (tertiary/aromatic N) is 1. The van der Waals surface area contributed by atoms with Crippen LogP contribution < -0.4 is 10.1 Å². The molecule has 0 aliphatic carbocycles. The Morgan fingerprint density at radius 1 is 1.17 bits per heavy atom. The molecule has 1 aromatic heterocycles. The first-order chi connectivity index (χ1) is 14.7. The third-order valence-electron chi connectivity index (χ3n) is 5.61. The SMILES string of the molecule is CCCOc1ccc(NC(=O)C2(c3ccccc3F)CCOCC2)c2cccnc12. The molecule has 0 atom stereocenters. The van der Waals surface area contributed by atoms with Crippen LogP contribution in [0, 0.1) is 5.82 Å². The summed E-state index contributed by atoms with van der Waals surface area (Å²) in [5.41, 5.74) is 0.760. The molecule has 2 heterocycles. The highest BCUT2D eigenvalue weighted by Gasteiger charge is 2.43. The second kappa shape index (κ2) is 8.79. The monoisotopic (exact) mass is 408 g/mol. The maximum atomic E-state index is 14.7. The van der Waals surface area contributed by atoms with Crippen LogP contribution in [0.25, 0.3) is 10.9 Å². The van der Waals surface area contributed by atoms with Crippen molar-refractivity contribution < 1.29 is 18.7 Å². The molecule has 1 fully saturated rings.